The number of hydrogen-bond donors (Lipinski definition) is 4. The van der Waals surface area contributed by atoms with Gasteiger partial charge in [-0.05, 0) is 36.4 Å². The molecule has 0 saturated carbocycles. The molecule has 0 fully saturated rings. The number of ether oxygens (including phenoxy) is 1. The van der Waals surface area contributed by atoms with Crippen molar-refractivity contribution < 1.29 is 29.6 Å². The Morgan fingerprint density at radius 1 is 1.00 bits per heavy atom. The van der Waals surface area contributed by atoms with Crippen LogP contribution in [0.15, 0.2) is 46.4 Å². The van der Waals surface area contributed by atoms with E-state index in [9.17, 15) is 19.8 Å². The minimum atomic E-state index is -1.10. The number of benzene rings is 2. The minimum Gasteiger partial charge on any atom is -0.507 e. The lowest BCUT2D eigenvalue weighted by molar-refractivity contribution is -0.139. The number of aliphatic imine (C=N–C) groups is 2. The summed E-state index contributed by atoms with van der Waals surface area (Å²) >= 11 is 0. The smallest absolute Gasteiger partial charge is 0.341 e. The molecule has 0 heterocycles. The maximum atomic E-state index is 11.1. The second-order valence-electron chi connectivity index (χ2n) is 5.93. The Morgan fingerprint density at radius 3 is 2.17 bits per heavy atom. The number of aromatic hydroxyl groups is 2. The molecular weight excluding hydrogens is 378 g/mol. The van der Waals surface area contributed by atoms with Crippen molar-refractivity contribution in [2.45, 2.75) is 6.92 Å². The summed E-state index contributed by atoms with van der Waals surface area (Å²) in [7, 11) is 0. The van der Waals surface area contributed by atoms with Crippen molar-refractivity contribution in [2.24, 2.45) is 9.98 Å². The van der Waals surface area contributed by atoms with E-state index in [-0.39, 0.29) is 17.4 Å². The van der Waals surface area contributed by atoms with E-state index in [1.165, 1.54) is 43.6 Å². The fourth-order valence-electron chi connectivity index (χ4n) is 2.25. The van der Waals surface area contributed by atoms with Gasteiger partial charge in [-0.3, -0.25) is 14.8 Å². The maximum Gasteiger partial charge on any atom is 0.341 e. The molecule has 152 valence electrons. The third-order valence-electron chi connectivity index (χ3n) is 3.53. The van der Waals surface area contributed by atoms with E-state index >= 15 is 0 Å². The van der Waals surface area contributed by atoms with Crippen molar-refractivity contribution in [3.8, 4) is 17.2 Å². The molecule has 1 amide bonds. The lowest BCUT2D eigenvalue weighted by Crippen LogP contribution is -2.09. The van der Waals surface area contributed by atoms with Gasteiger partial charge in [0, 0.05) is 36.2 Å². The molecule has 2 aromatic carbocycles. The summed E-state index contributed by atoms with van der Waals surface area (Å²) in [6, 6.07) is 8.98. The summed E-state index contributed by atoms with van der Waals surface area (Å²) in [5.41, 5.74) is 1.40. The predicted molar refractivity (Wildman–Crippen MR) is 109 cm³/mol. The zero-order valence-electron chi connectivity index (χ0n) is 15.7. The summed E-state index contributed by atoms with van der Waals surface area (Å²) < 4.78 is 5.06. The van der Waals surface area contributed by atoms with Gasteiger partial charge in [-0.2, -0.15) is 0 Å². The molecule has 29 heavy (non-hydrogen) atoms. The molecule has 0 spiro atoms. The van der Waals surface area contributed by atoms with Gasteiger partial charge in [0.15, 0.2) is 6.61 Å². The molecule has 2 aromatic rings. The van der Waals surface area contributed by atoms with Gasteiger partial charge >= 0.3 is 5.97 Å². The van der Waals surface area contributed by atoms with Gasteiger partial charge in [-0.15, -0.1) is 0 Å². The number of amides is 1. The molecule has 9 nitrogen and oxygen atoms in total. The molecule has 0 aliphatic carbocycles. The van der Waals surface area contributed by atoms with Gasteiger partial charge in [0.25, 0.3) is 0 Å². The first-order valence-corrected chi connectivity index (χ1v) is 8.63. The number of carboxylic acids is 1. The van der Waals surface area contributed by atoms with E-state index < -0.39 is 12.6 Å². The monoisotopic (exact) mass is 399 g/mol. The molecule has 0 aliphatic heterocycles. The predicted octanol–water partition coefficient (Wildman–Crippen LogP) is 2.06. The van der Waals surface area contributed by atoms with Crippen LogP contribution in [0.2, 0.25) is 0 Å². The number of carbonyl (C=O) groups is 2. The van der Waals surface area contributed by atoms with Crippen LogP contribution in [-0.4, -0.2) is 59.3 Å². The van der Waals surface area contributed by atoms with E-state index in [2.05, 4.69) is 15.3 Å². The number of nitrogens with one attached hydrogen (secondary N) is 1. The van der Waals surface area contributed by atoms with Gasteiger partial charge < -0.3 is 25.4 Å². The van der Waals surface area contributed by atoms with Gasteiger partial charge in [0.05, 0.1) is 13.1 Å². The maximum absolute atomic E-state index is 11.1. The zero-order chi connectivity index (χ0) is 21.2. The minimum absolute atomic E-state index is 0.0142. The number of rotatable bonds is 9. The lowest BCUT2D eigenvalue weighted by atomic mass is 10.2. The van der Waals surface area contributed by atoms with Crippen LogP contribution in [0.5, 0.6) is 17.2 Å². The molecule has 4 N–H and O–H groups in total. The van der Waals surface area contributed by atoms with Crippen molar-refractivity contribution in [2.75, 3.05) is 25.0 Å². The number of hydrogen-bond acceptors (Lipinski definition) is 7. The third kappa shape index (κ3) is 7.33. The summed E-state index contributed by atoms with van der Waals surface area (Å²) in [6.07, 6.45) is 2.92. The summed E-state index contributed by atoms with van der Waals surface area (Å²) in [5.74, 6) is -0.985. The van der Waals surface area contributed by atoms with Crippen LogP contribution in [0.4, 0.5) is 5.69 Å². The third-order valence-corrected chi connectivity index (χ3v) is 3.53. The van der Waals surface area contributed by atoms with Crippen molar-refractivity contribution in [1.82, 2.24) is 0 Å². The molecule has 0 radical (unpaired) electrons. The van der Waals surface area contributed by atoms with E-state index in [0.29, 0.717) is 35.7 Å². The van der Waals surface area contributed by atoms with Crippen LogP contribution in [0.1, 0.15) is 18.1 Å². The summed E-state index contributed by atoms with van der Waals surface area (Å²) in [5, 5.41) is 30.9. The quantitative estimate of drug-likeness (QED) is 0.289. The number of carboxylic acid groups (broad SMARTS) is 1. The average Bonchev–Trinajstić information content (AvgIpc) is 2.66. The Labute approximate surface area is 167 Å². The lowest BCUT2D eigenvalue weighted by Gasteiger charge is -2.05. The standard InChI is InChI=1S/C20H21N3O6/c1-13(24)23-16-2-4-18(25)14(8-16)10-21-6-7-22-11-15-9-17(3-5-19(15)26)29-12-20(27)28/h2-5,8-11,25-26H,6-7,12H2,1H3,(H,23,24)(H,27,28). The topological polar surface area (TPSA) is 141 Å². The SMILES string of the molecule is CC(=O)Nc1ccc(O)c(C=NCCN=Cc2cc(OCC(=O)O)ccc2O)c1. The number of aliphatic carboxylic acids is 1. The number of nitrogens with zero attached hydrogens (tertiary/aromatic N) is 2. The first-order valence-electron chi connectivity index (χ1n) is 8.63. The number of anilines is 1. The van der Waals surface area contributed by atoms with Crippen molar-refractivity contribution in [3.05, 3.63) is 47.5 Å². The highest BCUT2D eigenvalue weighted by Crippen LogP contribution is 2.22. The fraction of sp³-hybridized carbons (Fsp3) is 0.200. The molecular formula is C20H21N3O6. The van der Waals surface area contributed by atoms with Crippen LogP contribution in [0, 0.1) is 0 Å². The molecule has 0 bridgehead atoms. The molecule has 0 atom stereocenters. The first-order chi connectivity index (χ1) is 13.8. The van der Waals surface area contributed by atoms with Crippen LogP contribution >= 0.6 is 0 Å². The molecule has 0 unspecified atom stereocenters. The van der Waals surface area contributed by atoms with Crippen molar-refractivity contribution in [3.63, 3.8) is 0 Å². The number of phenols is 2. The molecule has 0 aromatic heterocycles. The Bertz CT molecular complexity index is 940. The Kier molecular flexibility index (Phi) is 7.72. The van der Waals surface area contributed by atoms with Crippen molar-refractivity contribution >= 4 is 30.0 Å². The van der Waals surface area contributed by atoms with Crippen LogP contribution < -0.4 is 10.1 Å². The fourth-order valence-corrected chi connectivity index (χ4v) is 2.25. The van der Waals surface area contributed by atoms with Crippen LogP contribution in [0.25, 0.3) is 0 Å². The van der Waals surface area contributed by atoms with Gasteiger partial charge in [-0.1, -0.05) is 0 Å². The molecule has 0 aliphatic rings. The zero-order valence-corrected chi connectivity index (χ0v) is 15.7. The van der Waals surface area contributed by atoms with Gasteiger partial charge in [0.2, 0.25) is 5.91 Å². The highest BCUT2D eigenvalue weighted by atomic mass is 16.5. The second-order valence-corrected chi connectivity index (χ2v) is 5.93. The number of phenolic OH excluding ortho intramolecular Hbond substituents is 2. The summed E-state index contributed by atoms with van der Waals surface area (Å²) in [6.45, 7) is 1.56. The van der Waals surface area contributed by atoms with Gasteiger partial charge in [-0.25, -0.2) is 4.79 Å². The molecule has 0 saturated heterocycles. The Hall–Kier alpha value is -3.88. The average molecular weight is 399 g/mol. The molecule has 2 rings (SSSR count). The Morgan fingerprint density at radius 2 is 1.59 bits per heavy atom. The van der Waals surface area contributed by atoms with E-state index in [1.807, 2.05) is 0 Å². The highest BCUT2D eigenvalue weighted by Gasteiger charge is 2.04. The summed E-state index contributed by atoms with van der Waals surface area (Å²) in [4.78, 5) is 30.0. The highest BCUT2D eigenvalue weighted by molar-refractivity contribution is 5.91. The molecule has 9 heteroatoms. The normalized spacial score (nSPS) is 11.1. The van der Waals surface area contributed by atoms with E-state index in [1.54, 1.807) is 12.1 Å². The van der Waals surface area contributed by atoms with Crippen molar-refractivity contribution in [1.29, 1.82) is 0 Å². The van der Waals surface area contributed by atoms with Gasteiger partial charge in [0.1, 0.15) is 17.2 Å². The van der Waals surface area contributed by atoms with Crippen LogP contribution in [-0.2, 0) is 9.59 Å². The Balaban J connectivity index is 1.92. The van der Waals surface area contributed by atoms with Crippen LogP contribution in [0.3, 0.4) is 0 Å². The first kappa shape index (κ1) is 21.4. The van der Waals surface area contributed by atoms with E-state index in [4.69, 9.17) is 9.84 Å². The largest absolute Gasteiger partial charge is 0.507 e. The van der Waals surface area contributed by atoms with E-state index in [0.717, 1.165) is 0 Å². The second kappa shape index (κ2) is 10.5. The number of carbonyl (C=O) groups excluding carboxylic acids is 1.